The van der Waals surface area contributed by atoms with E-state index in [1.54, 1.807) is 0 Å². The summed E-state index contributed by atoms with van der Waals surface area (Å²) in [6.07, 6.45) is 3.05. The molecule has 4 nitrogen and oxygen atoms in total. The maximum absolute atomic E-state index is 12.4. The van der Waals surface area contributed by atoms with Crippen LogP contribution in [0.1, 0.15) is 35.1 Å². The van der Waals surface area contributed by atoms with Gasteiger partial charge in [-0.1, -0.05) is 37.3 Å². The predicted octanol–water partition coefficient (Wildman–Crippen LogP) is 3.59. The van der Waals surface area contributed by atoms with Gasteiger partial charge >= 0.3 is 0 Å². The molecule has 4 heteroatoms. The van der Waals surface area contributed by atoms with Crippen LogP contribution in [0.25, 0.3) is 11.0 Å². The third-order valence-corrected chi connectivity index (χ3v) is 5.01. The molecular weight excluding hydrogens is 310 g/mol. The topological polar surface area (TPSA) is 46.9 Å². The number of benzene rings is 2. The molecule has 1 N–H and O–H groups in total. The molecule has 4 rings (SSSR count). The largest absolute Gasteiger partial charge is 0.352 e. The molecule has 1 aromatic heterocycles. The first-order chi connectivity index (χ1) is 12.2. The van der Waals surface area contributed by atoms with Gasteiger partial charge in [0, 0.05) is 25.1 Å². The smallest absolute Gasteiger partial charge is 0.251 e. The maximum Gasteiger partial charge on any atom is 0.251 e. The second-order valence-corrected chi connectivity index (χ2v) is 6.97. The number of nitrogens with one attached hydrogen (secondary N) is 1. The molecule has 1 amide bonds. The summed E-state index contributed by atoms with van der Waals surface area (Å²) in [6, 6.07) is 16.1. The van der Waals surface area contributed by atoms with Crippen molar-refractivity contribution < 1.29 is 4.79 Å². The van der Waals surface area contributed by atoms with Crippen LogP contribution in [0.15, 0.2) is 48.5 Å². The third-order valence-electron chi connectivity index (χ3n) is 5.01. The van der Waals surface area contributed by atoms with E-state index in [2.05, 4.69) is 28.9 Å². The van der Waals surface area contributed by atoms with Crippen LogP contribution < -0.4 is 5.32 Å². The van der Waals surface area contributed by atoms with E-state index in [1.165, 1.54) is 12.0 Å². The van der Waals surface area contributed by atoms with Crippen LogP contribution in [0, 0.1) is 5.92 Å². The Morgan fingerprint density at radius 3 is 2.92 bits per heavy atom. The number of carbonyl (C=O) groups is 1. The Labute approximate surface area is 147 Å². The second-order valence-electron chi connectivity index (χ2n) is 6.97. The minimum absolute atomic E-state index is 0.0304. The molecule has 0 bridgehead atoms. The number of hydrogen-bond donors (Lipinski definition) is 1. The normalized spacial score (nSPS) is 16.6. The van der Waals surface area contributed by atoms with E-state index in [4.69, 9.17) is 4.98 Å². The minimum atomic E-state index is -0.0304. The molecule has 128 valence electrons. The average Bonchev–Trinajstić information content (AvgIpc) is 2.99. The zero-order valence-corrected chi connectivity index (χ0v) is 14.5. The SMILES string of the molecule is C[C@@H]1CCn2c(nc3cc(C(=O)NCCc4ccccc4)ccc32)C1. The quantitative estimate of drug-likeness (QED) is 0.793. The Kier molecular flexibility index (Phi) is 4.26. The Morgan fingerprint density at radius 1 is 1.24 bits per heavy atom. The van der Waals surface area contributed by atoms with E-state index in [0.717, 1.165) is 36.2 Å². The standard InChI is InChI=1S/C21H23N3O/c1-15-10-12-24-19-8-7-17(14-18(19)23-20(24)13-15)21(25)22-11-9-16-5-3-2-4-6-16/h2-8,14-15H,9-13H2,1H3,(H,22,25)/t15-/m1/s1. The molecule has 25 heavy (non-hydrogen) atoms. The van der Waals surface area contributed by atoms with Crippen LogP contribution in [0.2, 0.25) is 0 Å². The molecule has 3 aromatic rings. The molecule has 0 unspecified atom stereocenters. The molecule has 0 saturated heterocycles. The lowest BCUT2D eigenvalue weighted by Crippen LogP contribution is -2.25. The second kappa shape index (κ2) is 6.71. The van der Waals surface area contributed by atoms with Crippen molar-refractivity contribution in [3.05, 3.63) is 65.5 Å². The summed E-state index contributed by atoms with van der Waals surface area (Å²) in [5.74, 6) is 1.80. The number of hydrogen-bond acceptors (Lipinski definition) is 2. The predicted molar refractivity (Wildman–Crippen MR) is 99.7 cm³/mol. The highest BCUT2D eigenvalue weighted by atomic mass is 16.1. The van der Waals surface area contributed by atoms with E-state index in [9.17, 15) is 4.79 Å². The van der Waals surface area contributed by atoms with Crippen LogP contribution in [0.5, 0.6) is 0 Å². The van der Waals surface area contributed by atoms with Crippen LogP contribution in [0.4, 0.5) is 0 Å². The van der Waals surface area contributed by atoms with Crippen molar-refractivity contribution in [2.24, 2.45) is 5.92 Å². The van der Waals surface area contributed by atoms with Gasteiger partial charge in [0.1, 0.15) is 5.82 Å². The van der Waals surface area contributed by atoms with Gasteiger partial charge in [-0.05, 0) is 42.5 Å². The molecule has 2 heterocycles. The highest BCUT2D eigenvalue weighted by Crippen LogP contribution is 2.25. The molecule has 0 aliphatic carbocycles. The molecule has 2 aromatic carbocycles. The van der Waals surface area contributed by atoms with Gasteiger partial charge in [-0.3, -0.25) is 4.79 Å². The van der Waals surface area contributed by atoms with E-state index >= 15 is 0 Å². The lowest BCUT2D eigenvalue weighted by atomic mass is 10.0. The molecule has 0 saturated carbocycles. The molecular formula is C21H23N3O. The molecule has 0 radical (unpaired) electrons. The number of carbonyl (C=O) groups excluding carboxylic acids is 1. The van der Waals surface area contributed by atoms with Crippen molar-refractivity contribution >= 4 is 16.9 Å². The lowest BCUT2D eigenvalue weighted by molar-refractivity contribution is 0.0954. The Hall–Kier alpha value is -2.62. The zero-order valence-electron chi connectivity index (χ0n) is 14.5. The number of rotatable bonds is 4. The lowest BCUT2D eigenvalue weighted by Gasteiger charge is -2.19. The zero-order chi connectivity index (χ0) is 17.2. The summed E-state index contributed by atoms with van der Waals surface area (Å²) in [5, 5.41) is 3.01. The fourth-order valence-corrected chi connectivity index (χ4v) is 3.56. The van der Waals surface area contributed by atoms with E-state index in [-0.39, 0.29) is 5.91 Å². The Morgan fingerprint density at radius 2 is 2.08 bits per heavy atom. The van der Waals surface area contributed by atoms with Crippen LogP contribution in [-0.4, -0.2) is 22.0 Å². The van der Waals surface area contributed by atoms with Crippen molar-refractivity contribution in [3.8, 4) is 0 Å². The summed E-state index contributed by atoms with van der Waals surface area (Å²) in [6.45, 7) is 3.93. The van der Waals surface area contributed by atoms with Gasteiger partial charge in [0.05, 0.1) is 11.0 Å². The van der Waals surface area contributed by atoms with Crippen LogP contribution in [-0.2, 0) is 19.4 Å². The summed E-state index contributed by atoms with van der Waals surface area (Å²) in [5.41, 5.74) is 3.99. The molecule has 1 aliphatic heterocycles. The number of aryl methyl sites for hydroxylation is 1. The summed E-state index contributed by atoms with van der Waals surface area (Å²) in [7, 11) is 0. The molecule has 0 spiro atoms. The summed E-state index contributed by atoms with van der Waals surface area (Å²) < 4.78 is 2.30. The molecule has 1 aliphatic rings. The number of amides is 1. The third kappa shape index (κ3) is 3.29. The van der Waals surface area contributed by atoms with Crippen molar-refractivity contribution in [1.29, 1.82) is 0 Å². The van der Waals surface area contributed by atoms with Crippen LogP contribution in [0.3, 0.4) is 0 Å². The van der Waals surface area contributed by atoms with E-state index < -0.39 is 0 Å². The number of fused-ring (bicyclic) bond motifs is 3. The van der Waals surface area contributed by atoms with Gasteiger partial charge in [0.2, 0.25) is 0 Å². The van der Waals surface area contributed by atoms with Crippen molar-refractivity contribution in [2.75, 3.05) is 6.54 Å². The fourth-order valence-electron chi connectivity index (χ4n) is 3.56. The highest BCUT2D eigenvalue weighted by Gasteiger charge is 2.19. The highest BCUT2D eigenvalue weighted by molar-refractivity contribution is 5.97. The van der Waals surface area contributed by atoms with Crippen molar-refractivity contribution in [3.63, 3.8) is 0 Å². The van der Waals surface area contributed by atoms with Gasteiger partial charge in [-0.25, -0.2) is 4.98 Å². The van der Waals surface area contributed by atoms with E-state index in [1.807, 2.05) is 36.4 Å². The number of nitrogens with zero attached hydrogens (tertiary/aromatic N) is 2. The first-order valence-corrected chi connectivity index (χ1v) is 9.02. The monoisotopic (exact) mass is 333 g/mol. The maximum atomic E-state index is 12.4. The molecule has 1 atom stereocenters. The summed E-state index contributed by atoms with van der Waals surface area (Å²) >= 11 is 0. The van der Waals surface area contributed by atoms with Gasteiger partial charge in [-0.2, -0.15) is 0 Å². The molecule has 0 fully saturated rings. The van der Waals surface area contributed by atoms with Crippen molar-refractivity contribution in [1.82, 2.24) is 14.9 Å². The van der Waals surface area contributed by atoms with Gasteiger partial charge in [0.15, 0.2) is 0 Å². The van der Waals surface area contributed by atoms with Gasteiger partial charge in [0.25, 0.3) is 5.91 Å². The average molecular weight is 333 g/mol. The fraction of sp³-hybridized carbons (Fsp3) is 0.333. The number of aromatic nitrogens is 2. The Bertz CT molecular complexity index is 898. The van der Waals surface area contributed by atoms with Gasteiger partial charge in [-0.15, -0.1) is 0 Å². The summed E-state index contributed by atoms with van der Waals surface area (Å²) in [4.78, 5) is 17.2. The van der Waals surface area contributed by atoms with Crippen molar-refractivity contribution in [2.45, 2.75) is 32.7 Å². The Balaban J connectivity index is 1.47. The first-order valence-electron chi connectivity index (χ1n) is 9.02. The number of imidazole rings is 1. The first kappa shape index (κ1) is 15.9. The minimum Gasteiger partial charge on any atom is -0.352 e. The van der Waals surface area contributed by atoms with E-state index in [0.29, 0.717) is 18.0 Å². The van der Waals surface area contributed by atoms with Gasteiger partial charge < -0.3 is 9.88 Å². The van der Waals surface area contributed by atoms with Crippen LogP contribution >= 0.6 is 0 Å².